The third-order valence-corrected chi connectivity index (χ3v) is 2.99. The van der Waals surface area contributed by atoms with E-state index in [0.29, 0.717) is 17.2 Å². The number of aromatic nitrogens is 1. The maximum Gasteiger partial charge on any atom is 0.303 e. The van der Waals surface area contributed by atoms with E-state index >= 15 is 0 Å². The highest BCUT2D eigenvalue weighted by atomic mass is 32.1. The third-order valence-electron chi connectivity index (χ3n) is 2.18. The average molecular weight is 257 g/mol. The zero-order valence-electron chi connectivity index (χ0n) is 9.69. The van der Waals surface area contributed by atoms with Crippen molar-refractivity contribution in [2.24, 2.45) is 5.73 Å². The molecule has 0 aliphatic rings. The van der Waals surface area contributed by atoms with Crippen molar-refractivity contribution in [3.05, 3.63) is 11.1 Å². The number of carbonyl (C=O) groups excluding carboxylic acids is 1. The Morgan fingerprint density at radius 2 is 2.24 bits per heavy atom. The van der Waals surface area contributed by atoms with E-state index in [4.69, 9.17) is 10.8 Å². The fraction of sp³-hybridized carbons (Fsp3) is 0.500. The van der Waals surface area contributed by atoms with Gasteiger partial charge in [-0.3, -0.25) is 9.59 Å². The fourth-order valence-electron chi connectivity index (χ4n) is 1.04. The number of aliphatic carboxylic acids is 1. The van der Waals surface area contributed by atoms with Crippen LogP contribution in [-0.2, 0) is 16.0 Å². The van der Waals surface area contributed by atoms with E-state index in [1.165, 1.54) is 11.3 Å². The van der Waals surface area contributed by atoms with Gasteiger partial charge in [-0.15, -0.1) is 11.3 Å². The van der Waals surface area contributed by atoms with Crippen LogP contribution in [0.5, 0.6) is 0 Å². The number of carbonyl (C=O) groups is 2. The molecule has 7 heteroatoms. The van der Waals surface area contributed by atoms with Gasteiger partial charge in [0, 0.05) is 11.8 Å². The standard InChI is InChI=1S/C10H15N3O3S/c1-10(2,8(11)16)13-9-12-6(5-17-9)3-4-7(14)15/h5H,3-4H2,1-2H3,(H2,11,16)(H,12,13)(H,14,15). The number of nitrogens with zero attached hydrogens (tertiary/aromatic N) is 1. The number of aryl methyl sites for hydroxylation is 1. The molecule has 0 saturated carbocycles. The van der Waals surface area contributed by atoms with Crippen LogP contribution < -0.4 is 11.1 Å². The number of amides is 1. The molecule has 0 aliphatic heterocycles. The molecule has 1 rings (SSSR count). The van der Waals surface area contributed by atoms with E-state index in [1.807, 2.05) is 0 Å². The first-order chi connectivity index (χ1) is 7.81. The van der Waals surface area contributed by atoms with E-state index < -0.39 is 17.4 Å². The van der Waals surface area contributed by atoms with Crippen LogP contribution in [0.3, 0.4) is 0 Å². The average Bonchev–Trinajstić information content (AvgIpc) is 2.61. The molecule has 0 aliphatic carbocycles. The van der Waals surface area contributed by atoms with Crippen molar-refractivity contribution in [3.63, 3.8) is 0 Å². The van der Waals surface area contributed by atoms with Crippen molar-refractivity contribution >= 4 is 28.3 Å². The number of anilines is 1. The van der Waals surface area contributed by atoms with Gasteiger partial charge in [-0.2, -0.15) is 0 Å². The minimum Gasteiger partial charge on any atom is -0.481 e. The van der Waals surface area contributed by atoms with Crippen LogP contribution >= 0.6 is 11.3 Å². The molecule has 0 spiro atoms. The van der Waals surface area contributed by atoms with Crippen molar-refractivity contribution in [1.82, 2.24) is 4.98 Å². The second-order valence-electron chi connectivity index (χ2n) is 4.15. The number of nitrogens with one attached hydrogen (secondary N) is 1. The molecule has 0 bridgehead atoms. The van der Waals surface area contributed by atoms with E-state index in [0.717, 1.165) is 0 Å². The number of rotatable bonds is 6. The summed E-state index contributed by atoms with van der Waals surface area (Å²) in [6.07, 6.45) is 0.424. The minimum absolute atomic E-state index is 0.0440. The predicted molar refractivity (Wildman–Crippen MR) is 65.0 cm³/mol. The van der Waals surface area contributed by atoms with Crippen molar-refractivity contribution < 1.29 is 14.7 Å². The van der Waals surface area contributed by atoms with Crippen molar-refractivity contribution in [2.45, 2.75) is 32.2 Å². The molecule has 0 aromatic carbocycles. The van der Waals surface area contributed by atoms with E-state index in [9.17, 15) is 9.59 Å². The Morgan fingerprint density at radius 1 is 1.59 bits per heavy atom. The van der Waals surface area contributed by atoms with Crippen LogP contribution in [-0.4, -0.2) is 27.5 Å². The van der Waals surface area contributed by atoms with Gasteiger partial charge in [0.25, 0.3) is 0 Å². The normalized spacial score (nSPS) is 11.2. The van der Waals surface area contributed by atoms with Crippen LogP contribution in [0.2, 0.25) is 0 Å². The molecule has 1 aromatic rings. The number of thiazole rings is 1. The van der Waals surface area contributed by atoms with Gasteiger partial charge >= 0.3 is 5.97 Å². The molecule has 94 valence electrons. The van der Waals surface area contributed by atoms with Crippen LogP contribution in [0, 0.1) is 0 Å². The molecule has 4 N–H and O–H groups in total. The van der Waals surface area contributed by atoms with Crippen LogP contribution in [0.4, 0.5) is 5.13 Å². The van der Waals surface area contributed by atoms with E-state index in [1.54, 1.807) is 19.2 Å². The molecule has 0 atom stereocenters. The summed E-state index contributed by atoms with van der Waals surface area (Å²) < 4.78 is 0. The van der Waals surface area contributed by atoms with E-state index in [2.05, 4.69) is 10.3 Å². The number of nitrogens with two attached hydrogens (primary N) is 1. The van der Waals surface area contributed by atoms with Crippen molar-refractivity contribution in [1.29, 1.82) is 0 Å². The van der Waals surface area contributed by atoms with Gasteiger partial charge in [0.1, 0.15) is 5.54 Å². The van der Waals surface area contributed by atoms with Gasteiger partial charge in [0.05, 0.1) is 12.1 Å². The fourth-order valence-corrected chi connectivity index (χ4v) is 1.95. The summed E-state index contributed by atoms with van der Waals surface area (Å²) in [5.74, 6) is -1.33. The Hall–Kier alpha value is -1.63. The Balaban J connectivity index is 2.62. The first-order valence-corrected chi connectivity index (χ1v) is 5.93. The largest absolute Gasteiger partial charge is 0.481 e. The topological polar surface area (TPSA) is 105 Å². The van der Waals surface area contributed by atoms with Gasteiger partial charge in [-0.05, 0) is 13.8 Å². The Labute approximate surface area is 103 Å². The molecule has 0 radical (unpaired) electrons. The second kappa shape index (κ2) is 5.13. The molecule has 0 saturated heterocycles. The smallest absolute Gasteiger partial charge is 0.303 e. The first-order valence-electron chi connectivity index (χ1n) is 5.05. The number of hydrogen-bond donors (Lipinski definition) is 3. The second-order valence-corrected chi connectivity index (χ2v) is 5.01. The predicted octanol–water partition coefficient (Wildman–Crippen LogP) is 0.836. The summed E-state index contributed by atoms with van der Waals surface area (Å²) in [7, 11) is 0. The highest BCUT2D eigenvalue weighted by Gasteiger charge is 2.25. The Morgan fingerprint density at radius 3 is 2.76 bits per heavy atom. The zero-order valence-corrected chi connectivity index (χ0v) is 10.5. The lowest BCUT2D eigenvalue weighted by molar-refractivity contribution is -0.137. The summed E-state index contributed by atoms with van der Waals surface area (Å²) in [6.45, 7) is 3.32. The molecule has 1 amide bonds. The Kier molecular flexibility index (Phi) is 4.06. The maximum atomic E-state index is 11.1. The quantitative estimate of drug-likeness (QED) is 0.700. The summed E-state index contributed by atoms with van der Waals surface area (Å²) >= 11 is 1.32. The first kappa shape index (κ1) is 13.4. The Bertz CT molecular complexity index is 428. The van der Waals surface area contributed by atoms with Gasteiger partial charge in [0.2, 0.25) is 5.91 Å². The lowest BCUT2D eigenvalue weighted by atomic mass is 10.1. The van der Waals surface area contributed by atoms with Crippen molar-refractivity contribution in [2.75, 3.05) is 5.32 Å². The molecule has 1 heterocycles. The number of hydrogen-bond acceptors (Lipinski definition) is 5. The number of primary amides is 1. The summed E-state index contributed by atoms with van der Waals surface area (Å²) in [4.78, 5) is 25.7. The molecule has 17 heavy (non-hydrogen) atoms. The monoisotopic (exact) mass is 257 g/mol. The van der Waals surface area contributed by atoms with E-state index in [-0.39, 0.29) is 6.42 Å². The molecule has 0 fully saturated rings. The highest BCUT2D eigenvalue weighted by molar-refractivity contribution is 7.13. The third kappa shape index (κ3) is 4.03. The van der Waals surface area contributed by atoms with Gasteiger partial charge in [0.15, 0.2) is 5.13 Å². The highest BCUT2D eigenvalue weighted by Crippen LogP contribution is 2.20. The molecular formula is C10H15N3O3S. The van der Waals surface area contributed by atoms with Crippen molar-refractivity contribution in [3.8, 4) is 0 Å². The van der Waals surface area contributed by atoms with Gasteiger partial charge < -0.3 is 16.2 Å². The lowest BCUT2D eigenvalue weighted by Crippen LogP contribution is -2.44. The molecule has 6 nitrogen and oxygen atoms in total. The summed E-state index contributed by atoms with van der Waals surface area (Å²) in [5.41, 5.74) is 5.04. The van der Waals surface area contributed by atoms with Crippen LogP contribution in [0.25, 0.3) is 0 Å². The van der Waals surface area contributed by atoms with Crippen LogP contribution in [0.15, 0.2) is 5.38 Å². The van der Waals surface area contributed by atoms with Gasteiger partial charge in [-0.25, -0.2) is 4.98 Å². The molecular weight excluding hydrogens is 242 g/mol. The number of carboxylic acids is 1. The molecule has 1 aromatic heterocycles. The van der Waals surface area contributed by atoms with Gasteiger partial charge in [-0.1, -0.05) is 0 Å². The zero-order chi connectivity index (χ0) is 13.1. The summed E-state index contributed by atoms with van der Waals surface area (Å²) in [6, 6.07) is 0. The maximum absolute atomic E-state index is 11.1. The number of carboxylic acid groups (broad SMARTS) is 1. The minimum atomic E-state index is -0.873. The molecule has 0 unspecified atom stereocenters. The SMILES string of the molecule is CC(C)(Nc1nc(CCC(=O)O)cs1)C(N)=O. The lowest BCUT2D eigenvalue weighted by Gasteiger charge is -2.21. The summed E-state index contributed by atoms with van der Waals surface area (Å²) in [5, 5.41) is 13.8. The van der Waals surface area contributed by atoms with Crippen LogP contribution in [0.1, 0.15) is 26.0 Å².